The average Bonchev–Trinajstić information content (AvgIpc) is 0.399. The van der Waals surface area contributed by atoms with Gasteiger partial charge in [0.25, 0.3) is 0 Å². The minimum absolute atomic E-state index is 1.11. The van der Waals surface area contributed by atoms with E-state index in [0.717, 1.165) is 336 Å². The fraction of sp³-hybridized carbons (Fsp3) is 1.00. The van der Waals surface area contributed by atoms with Crippen LogP contribution in [-0.4, -0.2) is 0 Å². The van der Waals surface area contributed by atoms with Gasteiger partial charge in [-0.1, -0.05) is 0 Å². The first-order chi connectivity index (χ1) is 68.8. The summed E-state index contributed by atoms with van der Waals surface area (Å²) < 4.78 is 0. The molecular formula is C138H58. The third-order valence-electron chi connectivity index (χ3n) is 131. The van der Waals surface area contributed by atoms with Crippen molar-refractivity contribution >= 4 is 0 Å². The van der Waals surface area contributed by atoms with E-state index in [2.05, 4.69) is 0 Å². The monoisotopic (exact) mass is 1710 g/mol. The minimum atomic E-state index is 1.11. The number of fused-ring (bicyclic) bond motifs is 46. The lowest BCUT2D eigenvalue weighted by Gasteiger charge is -3.79. The van der Waals surface area contributed by atoms with E-state index < -0.39 is 0 Å². The zero-order chi connectivity index (χ0) is 73.7. The molecule has 0 amide bonds. The summed E-state index contributed by atoms with van der Waals surface area (Å²) in [7, 11) is 0. The van der Waals surface area contributed by atoms with E-state index >= 15 is 0 Å². The number of rotatable bonds is 0. The summed E-state index contributed by atoms with van der Waals surface area (Å²) in [6.45, 7) is 0. The highest BCUT2D eigenvalue weighted by Gasteiger charge is 3.89. The van der Waals surface area contributed by atoms with Gasteiger partial charge in [-0.05, 0) is 776 Å². The molecule has 128 unspecified atom stereocenters. The van der Waals surface area contributed by atoms with Crippen LogP contribution in [0.5, 0.6) is 0 Å². The van der Waals surface area contributed by atoms with Crippen molar-refractivity contribution in [3.63, 3.8) is 0 Å². The van der Waals surface area contributed by atoms with Gasteiger partial charge in [-0.15, -0.1) is 0 Å². The van der Waals surface area contributed by atoms with E-state index in [4.69, 9.17) is 0 Å². The van der Waals surface area contributed by atoms with Crippen LogP contribution in [0.25, 0.3) is 0 Å². The summed E-state index contributed by atoms with van der Waals surface area (Å²) in [5.41, 5.74) is 96.6. The highest BCUT2D eigenvalue weighted by atomic mass is 15.9. The first-order valence-electron chi connectivity index (χ1n) is 68.8. The van der Waals surface area contributed by atoms with Crippen molar-refractivity contribution in [2.24, 2.45) is 523 Å². The molecule has 0 bridgehead atoms. The lowest BCUT2D eigenvalue weighted by atomic mass is 8.23. The first-order valence-corrected chi connectivity index (χ1v) is 68.8. The van der Waals surface area contributed by atoms with Crippen LogP contribution in [0.1, 0.15) is 25.7 Å². The topological polar surface area (TPSA) is 0 Å². The minimum Gasteiger partial charge on any atom is -0.0458 e. The van der Waals surface area contributed by atoms with Crippen LogP contribution in [-0.2, 0) is 0 Å². The maximum Gasteiger partial charge on any atom is -0.000370 e. The second-order valence-electron chi connectivity index (χ2n) is 93.8. The standard InChI is InChI=1S/C138H58/c1-5-13-14-6-2-10-18-22-26-30-34-38-42-47-51-54-52-48-44-40-36-32-28-24-20-12-4-8-16-15-7-3-11-19-23-27-31-35-39-43-46-50-53-49-45-41-37-33-29-25-21-17-9(1)55(5)59(13)60(14)56(6,10)64(18)68(22)72(26)76(30)80(34)84(38)88(42)92(47)97(51)100(54)98(52)94(48)90(44)86(40)82(36)78(32)74(28)70(24)66(20)58(8,12)62(16)61(15)57(7,11)65(19)69(23)73(27)77(31)81(35)85(39)89(43)93(46)96(50)99(53)95(49)91(45)87(41)83(37)79(33)75(29)71(25)67(21)63(17,55)101(59)102(60,64)106(68)105(67,101)109(71)110(72,106)114(76)113(75,109)117(79)118(80,114)122(84)121(83,117)125(87)126(88,122)130(92)129(91,125)133(95)134(97,130)138(100)136(98)132(94)128(90)124(86)120(82)116(78)112(74)108(70)104(62,66)103(61,65)107(69,108)111(73,112)115(77,116)119(81,120)123(85,124)127(89,128)131(93,132)135(96,136)137(99,133)138/h5-54H,1-4H2. The van der Waals surface area contributed by atoms with Crippen molar-refractivity contribution in [3.05, 3.63) is 227 Å². The Bertz CT molecular complexity index is 10800. The Morgan fingerprint density at radius 1 is 0.0652 bits per heavy atom. The predicted octanol–water partition coefficient (Wildman–Crippen LogP) is 11.1. The van der Waals surface area contributed by atoms with Gasteiger partial charge < -0.3 is 0 Å². The summed E-state index contributed by atoms with van der Waals surface area (Å²) >= 11 is 0. The Morgan fingerprint density at radius 3 is 0.232 bits per heavy atom. The van der Waals surface area contributed by atoms with Crippen molar-refractivity contribution in [1.82, 2.24) is 0 Å². The second-order valence-corrected chi connectivity index (χ2v) is 93.8. The van der Waals surface area contributed by atoms with Crippen molar-refractivity contribution in [1.29, 1.82) is 0 Å². The van der Waals surface area contributed by atoms with Crippen LogP contribution in [0.3, 0.4) is 0 Å². The van der Waals surface area contributed by atoms with Gasteiger partial charge in [0.2, 0.25) is 0 Å². The molecule has 0 aromatic heterocycles. The van der Waals surface area contributed by atoms with Crippen LogP contribution < -0.4 is 0 Å². The molecule has 0 aliphatic heterocycles. The van der Waals surface area contributed by atoms with Crippen molar-refractivity contribution in [2.75, 3.05) is 0 Å². The predicted molar refractivity (Wildman–Crippen MR) is 431 cm³/mol. The van der Waals surface area contributed by atoms with E-state index in [1.165, 1.54) is 415 Å². The lowest BCUT2D eigenvalue weighted by Crippen LogP contribution is -3.74. The Morgan fingerprint density at radius 2 is 0.130 bits per heavy atom. The normalized spacial score (nSPS) is 157. The van der Waals surface area contributed by atoms with Gasteiger partial charge in [-0.3, -0.25) is 0 Å². The molecule has 0 nitrogen and oxygen atoms in total. The maximum atomic E-state index is 1.93. The van der Waals surface area contributed by atoms with Crippen LogP contribution >= 0.6 is 0 Å². The van der Waals surface area contributed by atoms with E-state index in [1.807, 2.05) is 25.7 Å². The summed E-state index contributed by atoms with van der Waals surface area (Å²) in [5, 5.41) is 0. The van der Waals surface area contributed by atoms with E-state index in [0.29, 0.717) is 0 Å². The van der Waals surface area contributed by atoms with E-state index in [-0.39, 0.29) is 0 Å². The van der Waals surface area contributed by atoms with Gasteiger partial charge in [0.1, 0.15) is 0 Å². The molecule has 0 heterocycles. The molecule has 0 saturated heterocycles. The fourth-order valence-electron chi connectivity index (χ4n) is 173. The molecule has 110 saturated carbocycles. The molecule has 110 aliphatic carbocycles. The van der Waals surface area contributed by atoms with Gasteiger partial charge in [0.05, 0.1) is 0 Å². The SMILES string of the molecule is C1C2C3C4C5CC6C7C8C9C%10C%11C%12C%13C%14C%15C%16C%17C%18C%19C%20C%21C%22C%23C%24C%25C%26CC%27C%28C%29C%30CC%31C%32C%33C%34C%35C%36C%37C%38C%39C%40C%41C%42C%43C%44C%45C%46C%47C%48C%49C%50C1C21C32C43C56C74C85C96C%107C%118C%129C%13%10C%14%11C%15%12C%16%13C%17%14C%18%15C%19%16C%20%17C%21%18C%22%19C%23%20C%24%21C%25%22C%27%26C%28%23C%29%24C%30%31C%32%25C%33%26C%34%27C%35%28C%36%29C%37%30C%38%31C%39%32C%40%33C%41%34C%42%35C%43%36C%44%37C%45%38C%46%39C%47%40C%48%41C%49%42C%501C21C34C52C%421C%411C62C72C%401C%391C82C92C%381C%371C%102C%112C%361C%351C%122C%132C%143C%154C%165C%176C%187C%198C%209C%21%10C%23%22C%24%25C%26%10C%279C%288C%297C%306C%315C%324C%333C%3412. The van der Waals surface area contributed by atoms with E-state index in [1.54, 1.807) is 0 Å². The molecule has 110 rings (SSSR count). The summed E-state index contributed by atoms with van der Waals surface area (Å²) in [4.78, 5) is 0. The van der Waals surface area contributed by atoms with Crippen molar-refractivity contribution in [2.45, 2.75) is 25.7 Å². The Balaban J connectivity index is 0.433. The summed E-state index contributed by atoms with van der Waals surface area (Å²) in [5.74, 6) is 73.4. The maximum absolute atomic E-state index is 1.93. The van der Waals surface area contributed by atoms with E-state index in [9.17, 15) is 0 Å². The Kier molecular flexibility index (Phi) is 1.80. The van der Waals surface area contributed by atoms with Gasteiger partial charge >= 0.3 is 0 Å². The molecule has 110 aliphatic rings. The highest BCUT2D eigenvalue weighted by molar-refractivity contribution is 6.86. The Labute approximate surface area is 770 Å². The molecule has 610 valence electrons. The Hall–Kier alpha value is 0. The smallest absolute Gasteiger partial charge is 0.000370 e. The first kappa shape index (κ1) is 42.5. The molecule has 138 heavy (non-hydrogen) atoms. The fourth-order valence-corrected chi connectivity index (χ4v) is 173. The second kappa shape index (κ2) is 5.85. The van der Waals surface area contributed by atoms with Crippen LogP contribution in [0.15, 0.2) is 0 Å². The largest absolute Gasteiger partial charge is 0.0458 e. The zero-order valence-corrected chi connectivity index (χ0v) is 73.7. The molecule has 128 atom stereocenters. The molecular weight excluding hydrogens is 1660 g/mol. The van der Waals surface area contributed by atoms with Crippen LogP contribution in [0, 0.1) is 751 Å². The van der Waals surface area contributed by atoms with Crippen molar-refractivity contribution < 1.29 is 0 Å². The van der Waals surface area contributed by atoms with Crippen LogP contribution in [0.2, 0.25) is 0 Å². The van der Waals surface area contributed by atoms with Gasteiger partial charge in [0, 0.05) is 0 Å². The zero-order valence-electron chi connectivity index (χ0n) is 73.7. The van der Waals surface area contributed by atoms with Gasteiger partial charge in [0.15, 0.2) is 0 Å². The quantitative estimate of drug-likeness (QED) is 0.227. The summed E-state index contributed by atoms with van der Waals surface area (Å²) in [6.07, 6.45) is 7.71. The molecule has 84 spiro atoms. The van der Waals surface area contributed by atoms with Crippen molar-refractivity contribution in [3.8, 4) is 0 Å². The number of hydrogen-bond donors (Lipinski definition) is 0. The highest BCUT2D eigenvalue weighted by Crippen LogP contribution is 3.94. The van der Waals surface area contributed by atoms with Crippen LogP contribution in [0.4, 0.5) is 0 Å². The molecule has 110 fully saturated rings. The van der Waals surface area contributed by atoms with Gasteiger partial charge in [-0.25, -0.2) is 0 Å². The average molecular weight is 1720 g/mol. The lowest BCUT2D eigenvalue weighted by molar-refractivity contribution is -1.02. The molecule has 0 aromatic rings. The molecule has 0 heteroatoms. The number of hydrogen-bond acceptors (Lipinski definition) is 0. The third kappa shape index (κ3) is 0.776. The summed E-state index contributed by atoms with van der Waals surface area (Å²) in [6, 6.07) is 0. The molecule has 0 radical (unpaired) electrons. The molecule has 0 N–H and O–H groups in total. The van der Waals surface area contributed by atoms with Gasteiger partial charge in [-0.2, -0.15) is 0 Å². The third-order valence-corrected chi connectivity index (χ3v) is 131. The molecule has 0 aromatic carbocycles.